The Morgan fingerprint density at radius 2 is 2.21 bits per heavy atom. The van der Waals surface area contributed by atoms with E-state index < -0.39 is 11.9 Å². The van der Waals surface area contributed by atoms with Gasteiger partial charge in [-0.2, -0.15) is 10.4 Å². The number of hydrogen-bond donors (Lipinski definition) is 1. The van der Waals surface area contributed by atoms with E-state index in [-0.39, 0.29) is 17.9 Å². The third-order valence-electron chi connectivity index (χ3n) is 2.76. The molecule has 8 nitrogen and oxygen atoms in total. The summed E-state index contributed by atoms with van der Waals surface area (Å²) in [7, 11) is 1.43. The maximum atomic E-state index is 11.9. The van der Waals surface area contributed by atoms with E-state index in [9.17, 15) is 9.59 Å². The first-order valence-electron chi connectivity index (χ1n) is 6.76. The van der Waals surface area contributed by atoms with Crippen molar-refractivity contribution in [1.82, 2.24) is 5.43 Å². The zero-order chi connectivity index (χ0) is 17.4. The number of hydrazone groups is 1. The lowest BCUT2D eigenvalue weighted by molar-refractivity contribution is -0.120. The van der Waals surface area contributed by atoms with Crippen LogP contribution in [0.3, 0.4) is 0 Å². The SMILES string of the molecule is COc1cc(C=NNC(=O)CC#N)ccc1OC(=O)c1ccco1. The molecule has 0 saturated heterocycles. The molecule has 0 aliphatic heterocycles. The molecular formula is C16H13N3O5. The molecule has 1 N–H and O–H groups in total. The molecule has 0 atom stereocenters. The van der Waals surface area contributed by atoms with Gasteiger partial charge in [0.1, 0.15) is 6.42 Å². The maximum Gasteiger partial charge on any atom is 0.379 e. The number of amides is 1. The largest absolute Gasteiger partial charge is 0.493 e. The van der Waals surface area contributed by atoms with Crippen LogP contribution in [0.5, 0.6) is 11.5 Å². The van der Waals surface area contributed by atoms with Crippen molar-refractivity contribution in [1.29, 1.82) is 5.26 Å². The van der Waals surface area contributed by atoms with Crippen LogP contribution in [-0.4, -0.2) is 25.2 Å². The van der Waals surface area contributed by atoms with Gasteiger partial charge in [0.2, 0.25) is 5.76 Å². The minimum absolute atomic E-state index is 0.0721. The van der Waals surface area contributed by atoms with Crippen LogP contribution < -0.4 is 14.9 Å². The Morgan fingerprint density at radius 3 is 2.88 bits per heavy atom. The number of benzene rings is 1. The zero-order valence-electron chi connectivity index (χ0n) is 12.7. The van der Waals surface area contributed by atoms with Gasteiger partial charge >= 0.3 is 5.97 Å². The van der Waals surface area contributed by atoms with E-state index in [1.165, 1.54) is 31.7 Å². The second-order valence-electron chi connectivity index (χ2n) is 4.41. The molecule has 1 heterocycles. The lowest BCUT2D eigenvalue weighted by atomic mass is 10.2. The molecule has 1 aromatic carbocycles. The van der Waals surface area contributed by atoms with Gasteiger partial charge in [0.15, 0.2) is 11.5 Å². The number of nitriles is 1. The fourth-order valence-corrected chi connectivity index (χ4v) is 1.68. The van der Waals surface area contributed by atoms with E-state index in [4.69, 9.17) is 19.2 Å². The number of carbonyl (C=O) groups is 2. The third-order valence-corrected chi connectivity index (χ3v) is 2.76. The second-order valence-corrected chi connectivity index (χ2v) is 4.41. The van der Waals surface area contributed by atoms with Crippen molar-refractivity contribution in [3.63, 3.8) is 0 Å². The van der Waals surface area contributed by atoms with Gasteiger partial charge in [-0.1, -0.05) is 0 Å². The van der Waals surface area contributed by atoms with Crippen molar-refractivity contribution >= 4 is 18.1 Å². The van der Waals surface area contributed by atoms with Crippen LogP contribution in [0, 0.1) is 11.3 Å². The molecule has 2 aromatic rings. The molecule has 2 rings (SSSR count). The third kappa shape index (κ3) is 4.45. The highest BCUT2D eigenvalue weighted by molar-refractivity contribution is 5.89. The smallest absolute Gasteiger partial charge is 0.379 e. The number of methoxy groups -OCH3 is 1. The van der Waals surface area contributed by atoms with Gasteiger partial charge in [-0.3, -0.25) is 4.79 Å². The molecule has 0 aliphatic rings. The molecule has 0 fully saturated rings. The van der Waals surface area contributed by atoms with Crippen LogP contribution in [0.25, 0.3) is 0 Å². The number of furan rings is 1. The number of esters is 1. The molecule has 1 amide bonds. The standard InChI is InChI=1S/C16H13N3O5/c1-22-14-9-11(10-18-19-15(20)6-7-17)4-5-12(14)24-16(21)13-3-2-8-23-13/h2-5,8-10H,6H2,1H3,(H,19,20). The highest BCUT2D eigenvalue weighted by atomic mass is 16.6. The monoisotopic (exact) mass is 327 g/mol. The van der Waals surface area contributed by atoms with Gasteiger partial charge < -0.3 is 13.9 Å². The van der Waals surface area contributed by atoms with Crippen LogP contribution in [0.4, 0.5) is 0 Å². The molecule has 122 valence electrons. The molecule has 1 aromatic heterocycles. The summed E-state index contributed by atoms with van der Waals surface area (Å²) in [6.07, 6.45) is 2.46. The Hall–Kier alpha value is -3.60. The Bertz CT molecular complexity index is 791. The first-order chi connectivity index (χ1) is 11.6. The predicted octanol–water partition coefficient (Wildman–Crippen LogP) is 1.87. The van der Waals surface area contributed by atoms with E-state index in [0.29, 0.717) is 11.3 Å². The normalized spacial score (nSPS) is 10.2. The summed E-state index contributed by atoms with van der Waals surface area (Å²) in [4.78, 5) is 23.0. The summed E-state index contributed by atoms with van der Waals surface area (Å²) in [5.74, 6) is -0.567. The topological polar surface area (TPSA) is 114 Å². The van der Waals surface area contributed by atoms with Crippen molar-refractivity contribution in [2.45, 2.75) is 6.42 Å². The number of nitrogens with zero attached hydrogens (tertiary/aromatic N) is 2. The van der Waals surface area contributed by atoms with E-state index >= 15 is 0 Å². The van der Waals surface area contributed by atoms with E-state index in [0.717, 1.165) is 0 Å². The lowest BCUT2D eigenvalue weighted by Crippen LogP contribution is -2.16. The zero-order valence-corrected chi connectivity index (χ0v) is 12.7. The molecular weight excluding hydrogens is 314 g/mol. The van der Waals surface area contributed by atoms with Gasteiger partial charge in [-0.15, -0.1) is 0 Å². The van der Waals surface area contributed by atoms with Crippen molar-refractivity contribution < 1.29 is 23.5 Å². The van der Waals surface area contributed by atoms with Gasteiger partial charge in [0, 0.05) is 0 Å². The van der Waals surface area contributed by atoms with E-state index in [1.54, 1.807) is 24.3 Å². The fourth-order valence-electron chi connectivity index (χ4n) is 1.68. The maximum absolute atomic E-state index is 11.9. The summed E-state index contributed by atoms with van der Waals surface area (Å²) >= 11 is 0. The number of ether oxygens (including phenoxy) is 2. The minimum Gasteiger partial charge on any atom is -0.493 e. The Balaban J connectivity index is 2.07. The summed E-state index contributed by atoms with van der Waals surface area (Å²) in [5, 5.41) is 12.1. The summed E-state index contributed by atoms with van der Waals surface area (Å²) in [6, 6.07) is 9.49. The van der Waals surface area contributed by atoms with E-state index in [2.05, 4.69) is 10.5 Å². The predicted molar refractivity (Wildman–Crippen MR) is 82.6 cm³/mol. The van der Waals surface area contributed by atoms with E-state index in [1.807, 2.05) is 0 Å². The summed E-state index contributed by atoms with van der Waals surface area (Å²) < 4.78 is 15.3. The minimum atomic E-state index is -0.650. The molecule has 8 heteroatoms. The molecule has 0 unspecified atom stereocenters. The van der Waals surface area contributed by atoms with Crippen molar-refractivity contribution in [3.8, 4) is 17.6 Å². The number of rotatable bonds is 6. The van der Waals surface area contributed by atoms with Crippen LogP contribution in [0.2, 0.25) is 0 Å². The molecule has 0 bridgehead atoms. The highest BCUT2D eigenvalue weighted by Gasteiger charge is 2.14. The average molecular weight is 327 g/mol. The highest BCUT2D eigenvalue weighted by Crippen LogP contribution is 2.28. The average Bonchev–Trinajstić information content (AvgIpc) is 3.11. The Morgan fingerprint density at radius 1 is 1.38 bits per heavy atom. The molecule has 0 saturated carbocycles. The molecule has 0 radical (unpaired) electrons. The summed E-state index contributed by atoms with van der Waals surface area (Å²) in [5.41, 5.74) is 2.80. The van der Waals surface area contributed by atoms with Gasteiger partial charge in [-0.05, 0) is 35.9 Å². The Labute approximate surface area is 137 Å². The van der Waals surface area contributed by atoms with Gasteiger partial charge in [-0.25, -0.2) is 10.2 Å². The number of nitrogens with one attached hydrogen (secondary N) is 1. The number of hydrogen-bond acceptors (Lipinski definition) is 7. The van der Waals surface area contributed by atoms with Crippen LogP contribution in [0.1, 0.15) is 22.5 Å². The van der Waals surface area contributed by atoms with Crippen molar-refractivity contribution in [2.75, 3.05) is 7.11 Å². The number of carbonyl (C=O) groups excluding carboxylic acids is 2. The van der Waals surface area contributed by atoms with Gasteiger partial charge in [0.05, 0.1) is 25.7 Å². The molecule has 0 spiro atoms. The lowest BCUT2D eigenvalue weighted by Gasteiger charge is -2.08. The second kappa shape index (κ2) is 8.14. The molecule has 24 heavy (non-hydrogen) atoms. The first-order valence-corrected chi connectivity index (χ1v) is 6.76. The quantitative estimate of drug-likeness (QED) is 0.375. The fraction of sp³-hybridized carbons (Fsp3) is 0.125. The summed E-state index contributed by atoms with van der Waals surface area (Å²) in [6.45, 7) is 0. The Kier molecular flexibility index (Phi) is 5.69. The first kappa shape index (κ1) is 16.8. The van der Waals surface area contributed by atoms with Crippen LogP contribution >= 0.6 is 0 Å². The van der Waals surface area contributed by atoms with Crippen molar-refractivity contribution in [2.24, 2.45) is 5.10 Å². The molecule has 0 aliphatic carbocycles. The van der Waals surface area contributed by atoms with Gasteiger partial charge in [0.25, 0.3) is 5.91 Å². The van der Waals surface area contributed by atoms with Crippen LogP contribution in [0.15, 0.2) is 46.1 Å². The van der Waals surface area contributed by atoms with Crippen molar-refractivity contribution in [3.05, 3.63) is 47.9 Å². The van der Waals surface area contributed by atoms with Crippen LogP contribution in [-0.2, 0) is 4.79 Å².